The fourth-order valence-electron chi connectivity index (χ4n) is 2.80. The number of rotatable bonds is 9. The van der Waals surface area contributed by atoms with E-state index < -0.39 is 14.0 Å². The van der Waals surface area contributed by atoms with Crippen molar-refractivity contribution in [1.82, 2.24) is 0 Å². The summed E-state index contributed by atoms with van der Waals surface area (Å²) in [5, 5.41) is 0. The van der Waals surface area contributed by atoms with Crippen LogP contribution in [-0.2, 0) is 0 Å². The fraction of sp³-hybridized carbons (Fsp3) is 0. The van der Waals surface area contributed by atoms with Gasteiger partial charge in [-0.1, -0.05) is 72.8 Å². The molecule has 6 heteroatoms. The molecule has 4 rings (SSSR count). The zero-order chi connectivity index (χ0) is 20.4. The van der Waals surface area contributed by atoms with Crippen molar-refractivity contribution in [2.24, 2.45) is 0 Å². The molecule has 0 saturated carbocycles. The molecule has 4 nitrogen and oxygen atoms in total. The van der Waals surface area contributed by atoms with Crippen molar-refractivity contribution in [3.63, 3.8) is 0 Å². The molecule has 0 saturated heterocycles. The molecule has 0 fully saturated rings. The summed E-state index contributed by atoms with van der Waals surface area (Å²) in [7, 11) is -1.73. The molecule has 0 N–H and O–H groups in total. The Bertz CT molecular complexity index is 834. The van der Waals surface area contributed by atoms with E-state index in [-0.39, 0.29) is 0 Å². The minimum absolute atomic E-state index is 0.650. The molecule has 0 aliphatic rings. The second kappa shape index (κ2) is 10.1. The van der Waals surface area contributed by atoms with Crippen LogP contribution in [0, 0.1) is 0 Å². The molecule has 30 heavy (non-hydrogen) atoms. The second-order valence-electron chi connectivity index (χ2n) is 6.46. The van der Waals surface area contributed by atoms with Gasteiger partial charge in [0.2, 0.25) is 0 Å². The Labute approximate surface area is 177 Å². The van der Waals surface area contributed by atoms with Crippen molar-refractivity contribution >= 4 is 14.0 Å². The predicted octanol–water partition coefficient (Wildman–Crippen LogP) is 5.36. The lowest BCUT2D eigenvalue weighted by Gasteiger charge is -2.22. The van der Waals surface area contributed by atoms with Gasteiger partial charge in [-0.25, -0.2) is 0 Å². The summed E-state index contributed by atoms with van der Waals surface area (Å²) in [6, 6.07) is 37.9. The lowest BCUT2D eigenvalue weighted by Crippen LogP contribution is -2.54. The molecule has 0 heterocycles. The van der Waals surface area contributed by atoms with E-state index in [1.807, 2.05) is 121 Å². The van der Waals surface area contributed by atoms with Gasteiger partial charge in [0.15, 0.2) is 0 Å². The van der Waals surface area contributed by atoms with Crippen molar-refractivity contribution in [2.75, 3.05) is 0 Å². The highest BCUT2D eigenvalue weighted by Crippen LogP contribution is 2.20. The summed E-state index contributed by atoms with van der Waals surface area (Å²) < 4.78 is 24.6. The molecule has 0 radical (unpaired) electrons. The Morgan fingerprint density at radius 1 is 0.300 bits per heavy atom. The van der Waals surface area contributed by atoms with E-state index in [2.05, 4.69) is 0 Å². The first-order valence-corrected chi connectivity index (χ1v) is 9.74. The maximum atomic E-state index is 6.15. The maximum absolute atomic E-state index is 6.15. The minimum Gasteiger partial charge on any atom is -0.526 e. The van der Waals surface area contributed by atoms with E-state index in [4.69, 9.17) is 18.6 Å². The average molecular weight is 394 g/mol. The first kappa shape index (κ1) is 19.5. The molecule has 4 aromatic carbocycles. The van der Waals surface area contributed by atoms with Crippen molar-refractivity contribution in [3.05, 3.63) is 121 Å². The monoisotopic (exact) mass is 394 g/mol. The summed E-state index contributed by atoms with van der Waals surface area (Å²) >= 11 is 0. The van der Waals surface area contributed by atoms with E-state index in [1.54, 1.807) is 0 Å². The lowest BCUT2D eigenvalue weighted by molar-refractivity contribution is 0.388. The molecule has 4 aromatic rings. The van der Waals surface area contributed by atoms with Gasteiger partial charge in [-0.15, -0.1) is 0 Å². The number of hydrogen-bond donors (Lipinski definition) is 0. The molecule has 0 spiro atoms. The van der Waals surface area contributed by atoms with Gasteiger partial charge in [0.1, 0.15) is 23.0 Å². The van der Waals surface area contributed by atoms with E-state index in [9.17, 15) is 0 Å². The van der Waals surface area contributed by atoms with Crippen LogP contribution in [0.1, 0.15) is 0 Å². The van der Waals surface area contributed by atoms with Crippen molar-refractivity contribution in [1.29, 1.82) is 0 Å². The van der Waals surface area contributed by atoms with Crippen LogP contribution < -0.4 is 18.6 Å². The molecule has 146 valence electrons. The molecule has 0 aliphatic heterocycles. The highest BCUT2D eigenvalue weighted by Gasteiger charge is 2.49. The Morgan fingerprint density at radius 3 is 0.700 bits per heavy atom. The Kier molecular flexibility index (Phi) is 6.59. The van der Waals surface area contributed by atoms with Gasteiger partial charge in [0.25, 0.3) is 0 Å². The van der Waals surface area contributed by atoms with Gasteiger partial charge in [0.05, 0.1) is 0 Å². The third-order valence-corrected chi connectivity index (χ3v) is 4.20. The SMILES string of the molecule is c1ccc(OB(Oc2ccccc2)B(Oc2ccccc2)Oc2ccccc2)cc1. The van der Waals surface area contributed by atoms with Crippen molar-refractivity contribution < 1.29 is 18.6 Å². The largest absolute Gasteiger partial charge is 0.658 e. The van der Waals surface area contributed by atoms with E-state index >= 15 is 0 Å². The Morgan fingerprint density at radius 2 is 0.500 bits per heavy atom. The van der Waals surface area contributed by atoms with Gasteiger partial charge in [0, 0.05) is 0 Å². The highest BCUT2D eigenvalue weighted by molar-refractivity contribution is 7.11. The van der Waals surface area contributed by atoms with Gasteiger partial charge in [-0.05, 0) is 48.5 Å². The predicted molar refractivity (Wildman–Crippen MR) is 120 cm³/mol. The minimum atomic E-state index is -0.866. The van der Waals surface area contributed by atoms with E-state index in [1.165, 1.54) is 0 Å². The van der Waals surface area contributed by atoms with Crippen molar-refractivity contribution in [2.45, 2.75) is 0 Å². The molecule has 0 aliphatic carbocycles. The molecule has 0 unspecified atom stereocenters. The van der Waals surface area contributed by atoms with Gasteiger partial charge < -0.3 is 18.6 Å². The van der Waals surface area contributed by atoms with Crippen LogP contribution in [0.25, 0.3) is 0 Å². The topological polar surface area (TPSA) is 36.9 Å². The van der Waals surface area contributed by atoms with Crippen LogP contribution in [0.15, 0.2) is 121 Å². The quantitative estimate of drug-likeness (QED) is 0.359. The molecule has 0 aromatic heterocycles. The summed E-state index contributed by atoms with van der Waals surface area (Å²) in [5.41, 5.74) is 0. The summed E-state index contributed by atoms with van der Waals surface area (Å²) in [4.78, 5) is 0. The van der Waals surface area contributed by atoms with Crippen LogP contribution in [0.3, 0.4) is 0 Å². The van der Waals surface area contributed by atoms with Crippen LogP contribution >= 0.6 is 0 Å². The third kappa shape index (κ3) is 5.61. The lowest BCUT2D eigenvalue weighted by atomic mass is 9.48. The highest BCUT2D eigenvalue weighted by atomic mass is 16.6. The summed E-state index contributed by atoms with van der Waals surface area (Å²) in [6.45, 7) is 0. The Hall–Kier alpha value is -3.79. The van der Waals surface area contributed by atoms with Crippen LogP contribution in [0.4, 0.5) is 0 Å². The van der Waals surface area contributed by atoms with Gasteiger partial charge in [-0.2, -0.15) is 0 Å². The number of hydrogen-bond acceptors (Lipinski definition) is 4. The Balaban J connectivity index is 1.64. The van der Waals surface area contributed by atoms with E-state index in [0.29, 0.717) is 23.0 Å². The molecule has 0 atom stereocenters. The second-order valence-corrected chi connectivity index (χ2v) is 6.46. The van der Waals surface area contributed by atoms with Crippen molar-refractivity contribution in [3.8, 4) is 23.0 Å². The normalized spacial score (nSPS) is 10.0. The zero-order valence-corrected chi connectivity index (χ0v) is 16.3. The van der Waals surface area contributed by atoms with Crippen LogP contribution in [0.2, 0.25) is 0 Å². The average Bonchev–Trinajstić information content (AvgIpc) is 2.81. The molecular weight excluding hydrogens is 374 g/mol. The molecule has 0 bridgehead atoms. The van der Waals surface area contributed by atoms with Crippen LogP contribution in [-0.4, -0.2) is 14.0 Å². The number of benzene rings is 4. The summed E-state index contributed by atoms with van der Waals surface area (Å²) in [5.74, 6) is 2.60. The van der Waals surface area contributed by atoms with E-state index in [0.717, 1.165) is 0 Å². The van der Waals surface area contributed by atoms with Gasteiger partial charge in [-0.3, -0.25) is 0 Å². The number of para-hydroxylation sites is 4. The first-order chi connectivity index (χ1) is 14.9. The maximum Gasteiger partial charge on any atom is 0.658 e. The van der Waals surface area contributed by atoms with Gasteiger partial charge >= 0.3 is 14.0 Å². The fourth-order valence-corrected chi connectivity index (χ4v) is 2.80. The summed E-state index contributed by atoms with van der Waals surface area (Å²) in [6.07, 6.45) is 0. The first-order valence-electron chi connectivity index (χ1n) is 9.74. The standard InChI is InChI=1S/C24H20B2O4/c1-5-13-21(14-6-1)27-25(28-22-15-7-2-8-16-22)26(29-23-17-9-3-10-18-23)30-24-19-11-4-12-20-24/h1-20H. The molecule has 0 amide bonds. The smallest absolute Gasteiger partial charge is 0.526 e. The molecular formula is C24H20B2O4. The zero-order valence-electron chi connectivity index (χ0n) is 16.3. The van der Waals surface area contributed by atoms with Crippen LogP contribution in [0.5, 0.6) is 23.0 Å². The third-order valence-electron chi connectivity index (χ3n) is 4.20.